The maximum absolute atomic E-state index is 6.37. The fourth-order valence-corrected chi connectivity index (χ4v) is 8.95. The molecule has 12 rings (SSSR count). The van der Waals surface area contributed by atoms with Crippen molar-refractivity contribution in [2.75, 3.05) is 0 Å². The molecule has 0 fully saturated rings. The second-order valence-corrected chi connectivity index (χ2v) is 15.6. The Hall–Kier alpha value is -7.74. The minimum Gasteiger partial charge on any atom is -0.450 e. The number of hydrogen-bond donors (Lipinski definition) is 0. The van der Waals surface area contributed by atoms with Crippen LogP contribution in [0.1, 0.15) is 0 Å². The van der Waals surface area contributed by atoms with E-state index >= 15 is 0 Å². The van der Waals surface area contributed by atoms with Crippen molar-refractivity contribution in [1.82, 2.24) is 9.97 Å². The quantitative estimate of drug-likeness (QED) is 0.173. The number of benzene rings is 8. The van der Waals surface area contributed by atoms with E-state index in [2.05, 4.69) is 91.0 Å². The molecule has 278 valence electrons. The summed E-state index contributed by atoms with van der Waals surface area (Å²) in [6, 6.07) is 61.6. The minimum atomic E-state index is 0.649. The summed E-state index contributed by atoms with van der Waals surface area (Å²) in [7, 11) is 0. The number of ether oxygens (including phenoxy) is 4. The van der Waals surface area contributed by atoms with E-state index in [1.54, 1.807) is 0 Å². The van der Waals surface area contributed by atoms with Crippen molar-refractivity contribution in [3.8, 4) is 102 Å². The van der Waals surface area contributed by atoms with Gasteiger partial charge >= 0.3 is 0 Å². The molecule has 0 saturated carbocycles. The van der Waals surface area contributed by atoms with E-state index < -0.39 is 0 Å². The Bertz CT molecular complexity index is 3190. The third-order valence-electron chi connectivity index (χ3n) is 10.8. The highest BCUT2D eigenvalue weighted by molar-refractivity contribution is 7.25. The van der Waals surface area contributed by atoms with E-state index in [4.69, 9.17) is 28.9 Å². The smallest absolute Gasteiger partial charge is 0.170 e. The molecule has 7 heteroatoms. The molecular weight excluding hydrogens is 749 g/mol. The normalized spacial score (nSPS) is 12.3. The van der Waals surface area contributed by atoms with Gasteiger partial charge in [-0.3, -0.25) is 0 Å². The number of thiophene rings is 1. The molecule has 0 spiro atoms. The third kappa shape index (κ3) is 5.95. The van der Waals surface area contributed by atoms with Crippen molar-refractivity contribution in [2.24, 2.45) is 0 Å². The van der Waals surface area contributed by atoms with Gasteiger partial charge in [0.2, 0.25) is 0 Å². The summed E-state index contributed by atoms with van der Waals surface area (Å²) in [5.41, 5.74) is 8.43. The molecule has 0 atom stereocenters. The first kappa shape index (κ1) is 33.4. The average Bonchev–Trinajstić information content (AvgIpc) is 3.68. The highest BCUT2D eigenvalue weighted by Gasteiger charge is 2.22. The van der Waals surface area contributed by atoms with Crippen molar-refractivity contribution < 1.29 is 18.9 Å². The molecule has 2 aliphatic heterocycles. The molecular formula is C52H30N2O4S. The van der Waals surface area contributed by atoms with Gasteiger partial charge in [0.15, 0.2) is 51.8 Å². The van der Waals surface area contributed by atoms with Gasteiger partial charge in [-0.05, 0) is 113 Å². The largest absolute Gasteiger partial charge is 0.450 e. The lowest BCUT2D eigenvalue weighted by Gasteiger charge is -2.22. The van der Waals surface area contributed by atoms with E-state index in [9.17, 15) is 0 Å². The molecule has 2 aromatic heterocycles. The summed E-state index contributed by atoms with van der Waals surface area (Å²) in [6.45, 7) is 0. The van der Waals surface area contributed by atoms with Crippen LogP contribution in [0.4, 0.5) is 0 Å². The van der Waals surface area contributed by atoms with E-state index in [1.165, 1.54) is 20.2 Å². The van der Waals surface area contributed by atoms with Crippen LogP contribution in [0.5, 0.6) is 46.0 Å². The van der Waals surface area contributed by atoms with Crippen LogP contribution in [0.3, 0.4) is 0 Å². The topological polar surface area (TPSA) is 62.7 Å². The summed E-state index contributed by atoms with van der Waals surface area (Å²) in [5, 5.41) is 2.46. The maximum Gasteiger partial charge on any atom is 0.170 e. The molecule has 4 heterocycles. The molecule has 0 radical (unpaired) electrons. The van der Waals surface area contributed by atoms with Crippen LogP contribution in [-0.4, -0.2) is 9.97 Å². The lowest BCUT2D eigenvalue weighted by Crippen LogP contribution is -1.99. The molecule has 6 nitrogen and oxygen atoms in total. The first-order valence-corrected chi connectivity index (χ1v) is 20.2. The molecule has 0 amide bonds. The second-order valence-electron chi connectivity index (χ2n) is 14.6. The van der Waals surface area contributed by atoms with Crippen LogP contribution in [0.25, 0.3) is 76.3 Å². The summed E-state index contributed by atoms with van der Waals surface area (Å²) >= 11 is 1.81. The first-order valence-electron chi connectivity index (χ1n) is 19.4. The van der Waals surface area contributed by atoms with Crippen molar-refractivity contribution in [3.63, 3.8) is 0 Å². The molecule has 0 N–H and O–H groups in total. The second kappa shape index (κ2) is 13.4. The Labute approximate surface area is 343 Å². The maximum atomic E-state index is 6.37. The van der Waals surface area contributed by atoms with E-state index in [0.717, 1.165) is 50.3 Å². The van der Waals surface area contributed by atoms with Gasteiger partial charge in [0.1, 0.15) is 0 Å². The fourth-order valence-electron chi connectivity index (χ4n) is 7.87. The zero-order valence-corrected chi connectivity index (χ0v) is 32.1. The van der Waals surface area contributed by atoms with Gasteiger partial charge < -0.3 is 18.9 Å². The van der Waals surface area contributed by atoms with E-state index in [1.807, 2.05) is 102 Å². The molecule has 59 heavy (non-hydrogen) atoms. The first-order chi connectivity index (χ1) is 29.1. The SMILES string of the molecule is c1ccc(-c2nc(-c3cc(-c4ccc5c(c4)Oc4ccccc4O5)cc(-c4ccc5c(c4)Oc4ccccc4O5)c3)cc(-c3ccc4sc5ccccc5c4c3)n2)cc1. The Morgan fingerprint density at radius 1 is 0.288 bits per heavy atom. The van der Waals surface area contributed by atoms with Crippen molar-refractivity contribution in [1.29, 1.82) is 0 Å². The average molecular weight is 779 g/mol. The number of fused-ring (bicyclic) bond motifs is 7. The molecule has 0 unspecified atom stereocenters. The molecule has 0 aliphatic carbocycles. The van der Waals surface area contributed by atoms with Gasteiger partial charge in [-0.2, -0.15) is 0 Å². The van der Waals surface area contributed by atoms with Crippen LogP contribution in [0.15, 0.2) is 182 Å². The van der Waals surface area contributed by atoms with Gasteiger partial charge in [-0.1, -0.05) is 91.0 Å². The summed E-state index contributed by atoms with van der Waals surface area (Å²) in [6.07, 6.45) is 0. The predicted octanol–water partition coefficient (Wildman–Crippen LogP) is 15.0. The Kier molecular flexibility index (Phi) is 7.61. The molecule has 0 bridgehead atoms. The van der Waals surface area contributed by atoms with E-state index in [-0.39, 0.29) is 0 Å². The highest BCUT2D eigenvalue weighted by Crippen LogP contribution is 2.49. The van der Waals surface area contributed by atoms with E-state index in [0.29, 0.717) is 51.8 Å². The Morgan fingerprint density at radius 2 is 0.763 bits per heavy atom. The number of hydrogen-bond acceptors (Lipinski definition) is 7. The standard InChI is InChI=1S/C52H30N2O4S/c1-2-10-31(11-3-1)52-53-40(34-20-23-51-39(27-34)38-12-4-9-17-50(38)59-51)30-41(54-52)37-25-35(32-18-21-46-48(28-32)57-44-15-7-5-13-42(44)55-46)24-36(26-37)33-19-22-47-49(29-33)58-45-16-8-6-14-43(45)56-47/h1-30H. The van der Waals surface area contributed by atoms with Crippen molar-refractivity contribution in [3.05, 3.63) is 182 Å². The fraction of sp³-hybridized carbons (Fsp3) is 0. The minimum absolute atomic E-state index is 0.649. The lowest BCUT2D eigenvalue weighted by atomic mass is 9.94. The van der Waals surface area contributed by atoms with Crippen molar-refractivity contribution >= 4 is 31.5 Å². The summed E-state index contributed by atoms with van der Waals surface area (Å²) in [5.74, 6) is 6.03. The van der Waals surface area contributed by atoms with Crippen LogP contribution < -0.4 is 18.9 Å². The molecule has 8 aromatic carbocycles. The van der Waals surface area contributed by atoms with Crippen LogP contribution in [0.2, 0.25) is 0 Å². The Balaban J connectivity index is 1.03. The van der Waals surface area contributed by atoms with Crippen LogP contribution in [0, 0.1) is 0 Å². The number of nitrogens with zero attached hydrogens (tertiary/aromatic N) is 2. The zero-order valence-electron chi connectivity index (χ0n) is 31.3. The third-order valence-corrected chi connectivity index (χ3v) is 11.9. The lowest BCUT2D eigenvalue weighted by molar-refractivity contribution is 0.360. The van der Waals surface area contributed by atoms with Gasteiger partial charge in [0, 0.05) is 36.9 Å². The summed E-state index contributed by atoms with van der Waals surface area (Å²) in [4.78, 5) is 10.5. The predicted molar refractivity (Wildman–Crippen MR) is 235 cm³/mol. The van der Waals surface area contributed by atoms with Crippen molar-refractivity contribution in [2.45, 2.75) is 0 Å². The Morgan fingerprint density at radius 3 is 1.39 bits per heavy atom. The zero-order chi connectivity index (χ0) is 38.9. The van der Waals surface area contributed by atoms with Gasteiger partial charge in [-0.15, -0.1) is 11.3 Å². The number of para-hydroxylation sites is 4. The van der Waals surface area contributed by atoms with Gasteiger partial charge in [0.25, 0.3) is 0 Å². The van der Waals surface area contributed by atoms with Crippen LogP contribution in [-0.2, 0) is 0 Å². The molecule has 0 saturated heterocycles. The molecule has 2 aliphatic rings. The highest BCUT2D eigenvalue weighted by atomic mass is 32.1. The van der Waals surface area contributed by atoms with Gasteiger partial charge in [-0.25, -0.2) is 9.97 Å². The molecule has 10 aromatic rings. The number of rotatable bonds is 5. The monoisotopic (exact) mass is 778 g/mol. The van der Waals surface area contributed by atoms with Crippen LogP contribution >= 0.6 is 11.3 Å². The van der Waals surface area contributed by atoms with Gasteiger partial charge in [0.05, 0.1) is 11.4 Å². The summed E-state index contributed by atoms with van der Waals surface area (Å²) < 4.78 is 27.7. The number of aromatic nitrogens is 2.